The number of carbonyl (C=O) groups excluding carboxylic acids is 1. The first-order valence-electron chi connectivity index (χ1n) is 10.4. The second-order valence-electron chi connectivity index (χ2n) is 7.96. The molecule has 0 aromatic carbocycles. The second kappa shape index (κ2) is 9.60. The quantitative estimate of drug-likeness (QED) is 0.461. The van der Waals surface area contributed by atoms with Gasteiger partial charge in [0.2, 0.25) is 5.95 Å². The minimum absolute atomic E-state index is 0.0654. The van der Waals surface area contributed by atoms with Crippen molar-refractivity contribution in [1.29, 1.82) is 0 Å². The Bertz CT molecular complexity index is 965. The molecule has 1 saturated heterocycles. The monoisotopic (exact) mass is 489 g/mol. The highest BCUT2D eigenvalue weighted by Gasteiger charge is 2.40. The first-order chi connectivity index (χ1) is 15.2. The minimum atomic E-state index is -4.75. The smallest absolute Gasteiger partial charge is 0.351 e. The predicted molar refractivity (Wildman–Crippen MR) is 116 cm³/mol. The van der Waals surface area contributed by atoms with Crippen molar-refractivity contribution in [3.05, 3.63) is 22.7 Å². The Balaban J connectivity index is 1.62. The Kier molecular flexibility index (Phi) is 7.01. The highest BCUT2D eigenvalue weighted by Crippen LogP contribution is 2.44. The zero-order valence-electron chi connectivity index (χ0n) is 17.4. The van der Waals surface area contributed by atoms with Gasteiger partial charge in [0.1, 0.15) is 11.5 Å². The maximum Gasteiger partial charge on any atom is 0.434 e. The van der Waals surface area contributed by atoms with Gasteiger partial charge in [0.05, 0.1) is 16.1 Å². The number of aromatic nitrogens is 3. The molecule has 174 valence electrons. The lowest BCUT2D eigenvalue weighted by Crippen LogP contribution is -2.35. The highest BCUT2D eigenvalue weighted by molar-refractivity contribution is 7.96. The summed E-state index contributed by atoms with van der Waals surface area (Å²) in [4.78, 5) is 23.1. The largest absolute Gasteiger partial charge is 0.434 e. The fourth-order valence-electron chi connectivity index (χ4n) is 4.01. The molecule has 2 aliphatic rings. The van der Waals surface area contributed by atoms with Crippen molar-refractivity contribution in [2.24, 2.45) is 0 Å². The van der Waals surface area contributed by atoms with E-state index in [1.54, 1.807) is 11.9 Å². The van der Waals surface area contributed by atoms with Crippen LogP contribution in [0.1, 0.15) is 55.1 Å². The molecule has 4 rings (SSSR count). The topological polar surface area (TPSA) is 71.0 Å². The number of ketones is 1. The number of halogens is 4. The van der Waals surface area contributed by atoms with Crippen LogP contribution < -0.4 is 5.32 Å². The van der Waals surface area contributed by atoms with E-state index < -0.39 is 23.4 Å². The lowest BCUT2D eigenvalue weighted by atomic mass is 9.89. The molecule has 12 heteroatoms. The van der Waals surface area contributed by atoms with Crippen molar-refractivity contribution in [3.63, 3.8) is 0 Å². The summed E-state index contributed by atoms with van der Waals surface area (Å²) in [6, 6.07) is 0.0654. The van der Waals surface area contributed by atoms with E-state index in [1.165, 1.54) is 0 Å². The van der Waals surface area contributed by atoms with E-state index in [0.717, 1.165) is 43.5 Å². The van der Waals surface area contributed by atoms with Gasteiger partial charge in [-0.25, -0.2) is 19.3 Å². The summed E-state index contributed by atoms with van der Waals surface area (Å²) in [5, 5.41) is 3.41. The number of piperidine rings is 1. The van der Waals surface area contributed by atoms with Crippen LogP contribution in [0.3, 0.4) is 0 Å². The summed E-state index contributed by atoms with van der Waals surface area (Å²) in [6.07, 6.45) is 1.39. The van der Waals surface area contributed by atoms with Crippen molar-refractivity contribution in [2.75, 3.05) is 24.7 Å². The van der Waals surface area contributed by atoms with Crippen molar-refractivity contribution in [3.8, 4) is 10.6 Å². The fourth-order valence-corrected chi connectivity index (χ4v) is 5.83. The van der Waals surface area contributed by atoms with Crippen molar-refractivity contribution in [1.82, 2.24) is 19.3 Å². The number of anilines is 1. The van der Waals surface area contributed by atoms with Gasteiger partial charge in [0, 0.05) is 37.9 Å². The average Bonchev–Trinajstić information content (AvgIpc) is 3.22. The Labute approximate surface area is 191 Å². The Morgan fingerprint density at radius 1 is 1.16 bits per heavy atom. The molecule has 1 saturated carbocycles. The minimum Gasteiger partial charge on any atom is -0.351 e. The normalized spacial score (nSPS) is 19.5. The number of carbonyl (C=O) groups is 1. The molecule has 0 atom stereocenters. The lowest BCUT2D eigenvalue weighted by Gasteiger charge is -2.30. The molecule has 1 aliphatic heterocycles. The van der Waals surface area contributed by atoms with Crippen molar-refractivity contribution in [2.45, 2.75) is 56.7 Å². The zero-order valence-corrected chi connectivity index (χ0v) is 19.0. The van der Waals surface area contributed by atoms with Gasteiger partial charge in [0.15, 0.2) is 11.5 Å². The number of Topliss-reactive ketones (excluding diaryl/α,β-unsaturated/α-hetero) is 1. The summed E-state index contributed by atoms with van der Waals surface area (Å²) in [5.74, 6) is -0.950. The van der Waals surface area contributed by atoms with Crippen molar-refractivity contribution < 1.29 is 22.4 Å². The van der Waals surface area contributed by atoms with E-state index in [2.05, 4.69) is 24.6 Å². The SMILES string of the molecule is CSN1CCC(Nc2ncc(F)c(-c3sc(C4CCC(=O)CC4)nc3C(F)(F)F)n2)CC1. The molecular weight excluding hydrogens is 466 g/mol. The summed E-state index contributed by atoms with van der Waals surface area (Å²) in [6.45, 7) is 1.74. The number of thiazole rings is 1. The van der Waals surface area contributed by atoms with Crippen LogP contribution >= 0.6 is 23.3 Å². The second-order valence-corrected chi connectivity index (χ2v) is 9.87. The average molecular weight is 490 g/mol. The summed E-state index contributed by atoms with van der Waals surface area (Å²) in [5.41, 5.74) is -1.53. The number of hydrogen-bond acceptors (Lipinski definition) is 8. The van der Waals surface area contributed by atoms with E-state index in [9.17, 15) is 22.4 Å². The Morgan fingerprint density at radius 2 is 1.84 bits per heavy atom. The molecule has 2 aromatic rings. The first kappa shape index (κ1) is 23.4. The first-order valence-corrected chi connectivity index (χ1v) is 12.4. The van der Waals surface area contributed by atoms with E-state index in [4.69, 9.17) is 0 Å². The van der Waals surface area contributed by atoms with Crippen LogP contribution in [-0.4, -0.2) is 50.4 Å². The molecule has 0 amide bonds. The molecule has 1 aliphatic carbocycles. The van der Waals surface area contributed by atoms with Gasteiger partial charge in [-0.1, -0.05) is 11.9 Å². The van der Waals surface area contributed by atoms with Crippen LogP contribution in [0.4, 0.5) is 23.5 Å². The van der Waals surface area contributed by atoms with Crippen LogP contribution in [0.15, 0.2) is 6.20 Å². The van der Waals surface area contributed by atoms with Gasteiger partial charge < -0.3 is 5.32 Å². The number of rotatable bonds is 5. The number of nitrogens with zero attached hydrogens (tertiary/aromatic N) is 4. The van der Waals surface area contributed by atoms with E-state index in [1.807, 2.05) is 6.26 Å². The molecule has 0 spiro atoms. The number of alkyl halides is 3. The number of nitrogens with one attached hydrogen (secondary N) is 1. The summed E-state index contributed by atoms with van der Waals surface area (Å²) < 4.78 is 58.1. The molecule has 0 unspecified atom stereocenters. The molecule has 32 heavy (non-hydrogen) atoms. The third kappa shape index (κ3) is 5.23. The van der Waals surface area contributed by atoms with Crippen LogP contribution in [-0.2, 0) is 11.0 Å². The Morgan fingerprint density at radius 3 is 2.47 bits per heavy atom. The molecular formula is C20H23F4N5OS2. The van der Waals surface area contributed by atoms with Crippen LogP contribution in [0, 0.1) is 5.82 Å². The molecule has 0 bridgehead atoms. The fraction of sp³-hybridized carbons (Fsp3) is 0.600. The molecule has 0 radical (unpaired) electrons. The van der Waals surface area contributed by atoms with E-state index >= 15 is 0 Å². The molecule has 2 fully saturated rings. The molecule has 6 nitrogen and oxygen atoms in total. The molecule has 1 N–H and O–H groups in total. The van der Waals surface area contributed by atoms with Gasteiger partial charge >= 0.3 is 6.18 Å². The maximum atomic E-state index is 14.6. The third-order valence-corrected chi connectivity index (χ3v) is 7.92. The van der Waals surface area contributed by atoms with Gasteiger partial charge in [-0.2, -0.15) is 13.2 Å². The maximum absolute atomic E-state index is 14.6. The summed E-state index contributed by atoms with van der Waals surface area (Å²) in [7, 11) is 0. The van der Waals surface area contributed by atoms with Crippen LogP contribution in [0.2, 0.25) is 0 Å². The highest BCUT2D eigenvalue weighted by atomic mass is 32.2. The van der Waals surface area contributed by atoms with E-state index in [0.29, 0.717) is 25.7 Å². The predicted octanol–water partition coefficient (Wildman–Crippen LogP) is 5.14. The van der Waals surface area contributed by atoms with Crippen molar-refractivity contribution >= 4 is 35.0 Å². The zero-order chi connectivity index (χ0) is 22.9. The Hall–Kier alpha value is -1.79. The summed E-state index contributed by atoms with van der Waals surface area (Å²) >= 11 is 2.48. The van der Waals surface area contributed by atoms with Gasteiger partial charge in [-0.05, 0) is 31.9 Å². The van der Waals surface area contributed by atoms with Crippen LogP contribution in [0.5, 0.6) is 0 Å². The molecule has 2 aromatic heterocycles. The molecule has 3 heterocycles. The van der Waals surface area contributed by atoms with Gasteiger partial charge in [0.25, 0.3) is 0 Å². The lowest BCUT2D eigenvalue weighted by molar-refractivity contribution is -0.140. The third-order valence-electron chi connectivity index (χ3n) is 5.81. The van der Waals surface area contributed by atoms with Gasteiger partial charge in [-0.15, -0.1) is 11.3 Å². The number of hydrogen-bond donors (Lipinski definition) is 1. The van der Waals surface area contributed by atoms with Gasteiger partial charge in [-0.3, -0.25) is 9.10 Å². The van der Waals surface area contributed by atoms with Crippen LogP contribution in [0.25, 0.3) is 10.6 Å². The standard InChI is InChI=1S/C20H23F4N5OS2/c1-31-29-8-6-12(7-9-29)26-19-25-10-14(21)15(27-19)16-17(20(22,23)24)28-18(32-16)11-2-4-13(30)5-3-11/h10-12H,2-9H2,1H3,(H,25,26,27). The van der Waals surface area contributed by atoms with E-state index in [-0.39, 0.29) is 33.6 Å².